The molecule has 7 rings (SSSR count). The van der Waals surface area contributed by atoms with Crippen LogP contribution in [-0.2, 0) is 9.13 Å². The Morgan fingerprint density at radius 1 is 0.348 bits per heavy atom. The molecule has 0 fully saturated rings. The predicted octanol–water partition coefficient (Wildman–Crippen LogP) is 7.09. The lowest BCUT2D eigenvalue weighted by Gasteiger charge is -2.27. The van der Waals surface area contributed by atoms with Crippen molar-refractivity contribution in [3.63, 3.8) is 0 Å². The highest BCUT2D eigenvalue weighted by Crippen LogP contribution is 2.49. The van der Waals surface area contributed by atoms with Crippen molar-refractivity contribution in [1.29, 1.82) is 0 Å². The third kappa shape index (κ3) is 5.26. The van der Waals surface area contributed by atoms with Crippen LogP contribution in [0.5, 0.6) is 0 Å². The number of hydrogen-bond donors (Lipinski definition) is 0. The minimum absolute atomic E-state index is 0.365. The van der Waals surface area contributed by atoms with Crippen molar-refractivity contribution < 1.29 is 9.13 Å². The van der Waals surface area contributed by atoms with Gasteiger partial charge >= 0.3 is 0 Å². The minimum atomic E-state index is -3.53. The monoisotopic (exact) mass is 632 g/mol. The second kappa shape index (κ2) is 12.7. The molecular formula is C40H30N2O2P2. The van der Waals surface area contributed by atoms with E-state index in [-0.39, 0.29) is 0 Å². The Hall–Kier alpha value is -5.14. The summed E-state index contributed by atoms with van der Waals surface area (Å²) >= 11 is 0. The molecule has 0 radical (unpaired) electrons. The Labute approximate surface area is 269 Å². The van der Waals surface area contributed by atoms with Crippen molar-refractivity contribution in [1.82, 2.24) is 9.97 Å². The Balaban J connectivity index is 1.58. The van der Waals surface area contributed by atoms with E-state index in [4.69, 9.17) is 9.97 Å². The molecule has 6 heteroatoms. The number of hydrogen-bond acceptors (Lipinski definition) is 4. The molecular weight excluding hydrogens is 602 g/mol. The smallest absolute Gasteiger partial charge is 0.171 e. The van der Waals surface area contributed by atoms with Gasteiger partial charge in [0.05, 0.1) is 0 Å². The first-order valence-electron chi connectivity index (χ1n) is 15.0. The minimum Gasteiger partial charge on any atom is -0.309 e. The van der Waals surface area contributed by atoms with Gasteiger partial charge in [0, 0.05) is 55.3 Å². The van der Waals surface area contributed by atoms with Gasteiger partial charge in [-0.15, -0.1) is 0 Å². The van der Waals surface area contributed by atoms with E-state index in [9.17, 15) is 0 Å². The summed E-state index contributed by atoms with van der Waals surface area (Å²) < 4.78 is 31.8. The van der Waals surface area contributed by atoms with Crippen LogP contribution in [-0.4, -0.2) is 9.97 Å². The summed E-state index contributed by atoms with van der Waals surface area (Å²) in [6.45, 7) is 0. The largest absolute Gasteiger partial charge is 0.309 e. The van der Waals surface area contributed by atoms with E-state index in [1.54, 1.807) is 12.4 Å². The third-order valence-electron chi connectivity index (χ3n) is 8.16. The molecule has 7 aromatic rings. The molecule has 0 atom stereocenters. The molecule has 222 valence electrons. The highest BCUT2D eigenvalue weighted by molar-refractivity contribution is 7.87. The van der Waals surface area contributed by atoms with Crippen LogP contribution in [0.1, 0.15) is 0 Å². The molecule has 1 aromatic heterocycles. The fraction of sp³-hybridized carbons (Fsp3) is 0. The summed E-state index contributed by atoms with van der Waals surface area (Å²) in [6.07, 6.45) is 3.56. The Morgan fingerprint density at radius 3 is 1.02 bits per heavy atom. The summed E-state index contributed by atoms with van der Waals surface area (Å²) in [5, 5.41) is 3.79. The lowest BCUT2D eigenvalue weighted by Crippen LogP contribution is -2.33. The first kappa shape index (κ1) is 29.6. The molecule has 0 aliphatic carbocycles. The van der Waals surface area contributed by atoms with Crippen LogP contribution in [0.15, 0.2) is 182 Å². The number of benzene rings is 6. The van der Waals surface area contributed by atoms with E-state index in [0.717, 1.165) is 11.1 Å². The third-order valence-corrected chi connectivity index (χ3v) is 14.4. The zero-order chi connectivity index (χ0) is 31.4. The van der Waals surface area contributed by atoms with Crippen molar-refractivity contribution in [3.8, 4) is 22.5 Å². The molecule has 0 N–H and O–H groups in total. The standard InChI is InChI=1S/C40H30N2O2P2/c43-45(33-19-8-2-9-20-33,34-21-10-3-11-22-34)37-27-16-28-38(39(37)40-41-29-32(30-42-40)31-17-6-1-7-18-31)46(44,35-23-12-4-13-24-35)36-25-14-5-15-26-36/h1-30H. The van der Waals surface area contributed by atoms with Crippen LogP contribution in [0.2, 0.25) is 0 Å². The molecule has 0 saturated heterocycles. The van der Waals surface area contributed by atoms with Gasteiger partial charge in [-0.2, -0.15) is 0 Å². The topological polar surface area (TPSA) is 59.9 Å². The normalized spacial score (nSPS) is 11.7. The van der Waals surface area contributed by atoms with Crippen molar-refractivity contribution in [2.45, 2.75) is 0 Å². The molecule has 0 aliphatic rings. The molecule has 6 aromatic carbocycles. The van der Waals surface area contributed by atoms with Gasteiger partial charge in [0.1, 0.15) is 0 Å². The molecule has 46 heavy (non-hydrogen) atoms. The molecule has 0 amide bonds. The van der Waals surface area contributed by atoms with E-state index in [1.165, 1.54) is 0 Å². The van der Waals surface area contributed by atoms with E-state index >= 15 is 9.13 Å². The number of aromatic nitrogens is 2. The summed E-state index contributed by atoms with van der Waals surface area (Å²) in [4.78, 5) is 9.79. The van der Waals surface area contributed by atoms with Crippen molar-refractivity contribution in [2.24, 2.45) is 0 Å². The zero-order valence-electron chi connectivity index (χ0n) is 24.9. The van der Waals surface area contributed by atoms with Crippen molar-refractivity contribution >= 4 is 46.1 Å². The van der Waals surface area contributed by atoms with E-state index in [1.807, 2.05) is 170 Å². The van der Waals surface area contributed by atoms with Gasteiger partial charge in [0.25, 0.3) is 0 Å². The van der Waals surface area contributed by atoms with Gasteiger partial charge in [0.2, 0.25) is 0 Å². The predicted molar refractivity (Wildman–Crippen MR) is 192 cm³/mol. The van der Waals surface area contributed by atoms with Gasteiger partial charge in [-0.1, -0.05) is 170 Å². The van der Waals surface area contributed by atoms with Crippen LogP contribution in [0.3, 0.4) is 0 Å². The summed E-state index contributed by atoms with van der Waals surface area (Å²) in [5.74, 6) is 0.365. The van der Waals surface area contributed by atoms with E-state index in [2.05, 4.69) is 0 Å². The van der Waals surface area contributed by atoms with Crippen LogP contribution < -0.4 is 31.8 Å². The average molecular weight is 633 g/mol. The van der Waals surface area contributed by atoms with Crippen molar-refractivity contribution in [2.75, 3.05) is 0 Å². The first-order valence-corrected chi connectivity index (χ1v) is 18.5. The van der Waals surface area contributed by atoms with Gasteiger partial charge in [-0.05, 0) is 5.56 Å². The highest BCUT2D eigenvalue weighted by atomic mass is 31.2. The van der Waals surface area contributed by atoms with Crippen LogP contribution >= 0.6 is 14.3 Å². The molecule has 0 unspecified atom stereocenters. The lowest BCUT2D eigenvalue weighted by atomic mass is 10.1. The van der Waals surface area contributed by atoms with Crippen LogP contribution in [0.4, 0.5) is 0 Å². The lowest BCUT2D eigenvalue weighted by molar-refractivity contribution is 0.592. The van der Waals surface area contributed by atoms with Crippen LogP contribution in [0.25, 0.3) is 22.5 Å². The maximum atomic E-state index is 15.9. The SMILES string of the molecule is O=P(c1ccccc1)(c1ccccc1)c1cccc(P(=O)(c2ccccc2)c2ccccc2)c1-c1ncc(-c2ccccc2)cn1. The average Bonchev–Trinajstić information content (AvgIpc) is 3.16. The molecule has 0 saturated carbocycles. The molecule has 0 aliphatic heterocycles. The maximum Gasteiger partial charge on any atom is 0.171 e. The van der Waals surface area contributed by atoms with Crippen LogP contribution in [0, 0.1) is 0 Å². The Kier molecular flexibility index (Phi) is 8.16. The quantitative estimate of drug-likeness (QED) is 0.168. The number of rotatable bonds is 8. The van der Waals surface area contributed by atoms with Crippen molar-refractivity contribution in [3.05, 3.63) is 182 Å². The Bertz CT molecular complexity index is 1970. The molecule has 0 bridgehead atoms. The summed E-state index contributed by atoms with van der Waals surface area (Å²) in [6, 6.07) is 53.7. The van der Waals surface area contributed by atoms with Gasteiger partial charge < -0.3 is 9.13 Å². The molecule has 4 nitrogen and oxygen atoms in total. The Morgan fingerprint density at radius 2 is 0.674 bits per heavy atom. The zero-order valence-corrected chi connectivity index (χ0v) is 26.7. The summed E-state index contributed by atoms with van der Waals surface area (Å²) in [5.41, 5.74) is 2.36. The second-order valence-corrected chi connectivity index (χ2v) is 16.4. The highest BCUT2D eigenvalue weighted by Gasteiger charge is 2.39. The fourth-order valence-corrected chi connectivity index (χ4v) is 11.8. The number of nitrogens with zero attached hydrogens (tertiary/aromatic N) is 2. The van der Waals surface area contributed by atoms with E-state index < -0.39 is 14.3 Å². The first-order chi connectivity index (χ1) is 22.6. The van der Waals surface area contributed by atoms with Gasteiger partial charge in [-0.25, -0.2) is 9.97 Å². The van der Waals surface area contributed by atoms with E-state index in [0.29, 0.717) is 43.2 Å². The van der Waals surface area contributed by atoms with Gasteiger partial charge in [0.15, 0.2) is 20.1 Å². The molecule has 0 spiro atoms. The van der Waals surface area contributed by atoms with Gasteiger partial charge in [-0.3, -0.25) is 0 Å². The summed E-state index contributed by atoms with van der Waals surface area (Å²) in [7, 11) is -7.06. The second-order valence-electron chi connectivity index (χ2n) is 10.9. The molecule has 1 heterocycles. The fourth-order valence-electron chi connectivity index (χ4n) is 5.93. The maximum absolute atomic E-state index is 15.9.